The molecule has 0 unspecified atom stereocenters. The van der Waals surface area contributed by atoms with Gasteiger partial charge in [0.05, 0.1) is 13.3 Å². The fraction of sp³-hybridized carbons (Fsp3) is 0.125. The Bertz CT molecular complexity index is 768. The second-order valence-electron chi connectivity index (χ2n) is 4.64. The minimum Gasteiger partial charge on any atom is -0.493 e. The summed E-state index contributed by atoms with van der Waals surface area (Å²) in [6, 6.07) is 10.2. The maximum Gasteiger partial charge on any atom is 0.332 e. The third-order valence-corrected chi connectivity index (χ3v) is 4.06. The van der Waals surface area contributed by atoms with Crippen LogP contribution in [0, 0.1) is 0 Å². The van der Waals surface area contributed by atoms with Gasteiger partial charge in [-0.1, -0.05) is 29.8 Å². The molecular formula is C16H15BrClN3O3. The summed E-state index contributed by atoms with van der Waals surface area (Å²) in [5.74, 6) is 1.06. The van der Waals surface area contributed by atoms with E-state index in [9.17, 15) is 4.79 Å². The molecule has 0 bridgehead atoms. The van der Waals surface area contributed by atoms with Crippen molar-refractivity contribution in [2.45, 2.75) is 6.61 Å². The van der Waals surface area contributed by atoms with Gasteiger partial charge in [0.25, 0.3) is 0 Å². The van der Waals surface area contributed by atoms with Crippen LogP contribution in [-0.2, 0) is 6.61 Å². The van der Waals surface area contributed by atoms with E-state index in [1.165, 1.54) is 13.3 Å². The van der Waals surface area contributed by atoms with E-state index < -0.39 is 6.03 Å². The first kappa shape index (κ1) is 18.1. The molecule has 0 aromatic heterocycles. The van der Waals surface area contributed by atoms with E-state index in [0.29, 0.717) is 33.2 Å². The number of carbonyl (C=O) groups is 1. The van der Waals surface area contributed by atoms with Crippen LogP contribution in [0.25, 0.3) is 0 Å². The average Bonchev–Trinajstić information content (AvgIpc) is 2.55. The summed E-state index contributed by atoms with van der Waals surface area (Å²) in [5, 5.41) is 4.35. The molecule has 0 saturated carbocycles. The normalized spacial score (nSPS) is 10.6. The number of urea groups is 1. The third kappa shape index (κ3) is 4.87. The molecule has 24 heavy (non-hydrogen) atoms. The smallest absolute Gasteiger partial charge is 0.332 e. The molecule has 0 aliphatic heterocycles. The van der Waals surface area contributed by atoms with E-state index in [0.717, 1.165) is 5.56 Å². The number of hydrogen-bond acceptors (Lipinski definition) is 4. The van der Waals surface area contributed by atoms with Gasteiger partial charge in [0.1, 0.15) is 6.61 Å². The Hall–Kier alpha value is -2.25. The SMILES string of the molecule is COc1cc(C=NNC(N)=O)c(Br)cc1OCc1ccccc1Cl. The van der Waals surface area contributed by atoms with E-state index in [4.69, 9.17) is 26.8 Å². The molecule has 126 valence electrons. The number of halogens is 2. The lowest BCUT2D eigenvalue weighted by atomic mass is 10.2. The number of benzene rings is 2. The molecule has 0 radical (unpaired) electrons. The number of nitrogens with zero attached hydrogens (tertiary/aromatic N) is 1. The number of hydrogen-bond donors (Lipinski definition) is 2. The van der Waals surface area contributed by atoms with Crippen molar-refractivity contribution >= 4 is 39.8 Å². The molecule has 8 heteroatoms. The van der Waals surface area contributed by atoms with Gasteiger partial charge in [-0.2, -0.15) is 5.10 Å². The van der Waals surface area contributed by atoms with Crippen LogP contribution in [0.15, 0.2) is 46.0 Å². The number of amides is 2. The van der Waals surface area contributed by atoms with Crippen molar-refractivity contribution in [3.8, 4) is 11.5 Å². The zero-order valence-electron chi connectivity index (χ0n) is 12.8. The molecule has 0 saturated heterocycles. The summed E-state index contributed by atoms with van der Waals surface area (Å²) in [5.41, 5.74) is 8.63. The third-order valence-electron chi connectivity index (χ3n) is 3.00. The summed E-state index contributed by atoms with van der Waals surface area (Å²) >= 11 is 9.54. The van der Waals surface area contributed by atoms with E-state index >= 15 is 0 Å². The second kappa shape index (κ2) is 8.56. The van der Waals surface area contributed by atoms with Crippen LogP contribution in [0.5, 0.6) is 11.5 Å². The minimum atomic E-state index is -0.742. The van der Waals surface area contributed by atoms with Gasteiger partial charge in [0.15, 0.2) is 11.5 Å². The van der Waals surface area contributed by atoms with E-state index in [1.807, 2.05) is 18.2 Å². The number of rotatable bonds is 6. The molecule has 0 atom stereocenters. The Kier molecular flexibility index (Phi) is 6.45. The summed E-state index contributed by atoms with van der Waals surface area (Å²) in [4.78, 5) is 10.6. The molecule has 0 fully saturated rings. The van der Waals surface area contributed by atoms with Crippen LogP contribution >= 0.6 is 27.5 Å². The number of primary amides is 1. The van der Waals surface area contributed by atoms with Crippen molar-refractivity contribution < 1.29 is 14.3 Å². The summed E-state index contributed by atoms with van der Waals surface area (Å²) < 4.78 is 11.8. The first-order chi connectivity index (χ1) is 11.5. The van der Waals surface area contributed by atoms with E-state index in [2.05, 4.69) is 26.5 Å². The van der Waals surface area contributed by atoms with Gasteiger partial charge in [-0.15, -0.1) is 0 Å². The molecular weight excluding hydrogens is 398 g/mol. The van der Waals surface area contributed by atoms with E-state index in [1.54, 1.807) is 18.2 Å². The lowest BCUT2D eigenvalue weighted by molar-refractivity contribution is 0.249. The highest BCUT2D eigenvalue weighted by atomic mass is 79.9. The second-order valence-corrected chi connectivity index (χ2v) is 5.90. The maximum absolute atomic E-state index is 10.6. The van der Waals surface area contributed by atoms with Crippen molar-refractivity contribution in [2.75, 3.05) is 7.11 Å². The molecule has 0 aliphatic rings. The number of nitrogens with two attached hydrogens (primary N) is 1. The van der Waals surface area contributed by atoms with Crippen molar-refractivity contribution in [3.63, 3.8) is 0 Å². The first-order valence-electron chi connectivity index (χ1n) is 6.83. The summed E-state index contributed by atoms with van der Waals surface area (Å²) in [6.45, 7) is 0.305. The zero-order chi connectivity index (χ0) is 17.5. The first-order valence-corrected chi connectivity index (χ1v) is 8.00. The molecule has 0 spiro atoms. The van der Waals surface area contributed by atoms with Gasteiger partial charge < -0.3 is 15.2 Å². The predicted octanol–water partition coefficient (Wildman–Crippen LogP) is 3.69. The predicted molar refractivity (Wildman–Crippen MR) is 96.8 cm³/mol. The number of hydrazone groups is 1. The highest BCUT2D eigenvalue weighted by Crippen LogP contribution is 2.33. The number of methoxy groups -OCH3 is 1. The Labute approximate surface area is 152 Å². The average molecular weight is 413 g/mol. The van der Waals surface area contributed by atoms with Crippen LogP contribution in [0.3, 0.4) is 0 Å². The highest BCUT2D eigenvalue weighted by Gasteiger charge is 2.10. The van der Waals surface area contributed by atoms with Crippen LogP contribution in [0.4, 0.5) is 4.79 Å². The van der Waals surface area contributed by atoms with Gasteiger partial charge in [-0.05, 0) is 34.1 Å². The van der Waals surface area contributed by atoms with Crippen LogP contribution in [-0.4, -0.2) is 19.4 Å². The molecule has 6 nitrogen and oxygen atoms in total. The molecule has 2 rings (SSSR count). The molecule has 2 amide bonds. The quantitative estimate of drug-likeness (QED) is 0.560. The van der Waals surface area contributed by atoms with Crippen LogP contribution < -0.4 is 20.6 Å². The van der Waals surface area contributed by atoms with Gasteiger partial charge in [-0.25, -0.2) is 10.2 Å². The lowest BCUT2D eigenvalue weighted by Crippen LogP contribution is -2.24. The lowest BCUT2D eigenvalue weighted by Gasteiger charge is -2.13. The van der Waals surface area contributed by atoms with Crippen molar-refractivity contribution in [1.29, 1.82) is 0 Å². The van der Waals surface area contributed by atoms with Gasteiger partial charge in [-0.3, -0.25) is 0 Å². The Balaban J connectivity index is 2.18. The Morgan fingerprint density at radius 2 is 2.12 bits per heavy atom. The number of ether oxygens (including phenoxy) is 2. The Morgan fingerprint density at radius 1 is 1.38 bits per heavy atom. The zero-order valence-corrected chi connectivity index (χ0v) is 15.1. The topological polar surface area (TPSA) is 85.9 Å². The van der Waals surface area contributed by atoms with E-state index in [-0.39, 0.29) is 0 Å². The highest BCUT2D eigenvalue weighted by molar-refractivity contribution is 9.10. The fourth-order valence-corrected chi connectivity index (χ4v) is 2.47. The summed E-state index contributed by atoms with van der Waals surface area (Å²) in [7, 11) is 1.54. The molecule has 2 aromatic rings. The maximum atomic E-state index is 10.6. The largest absolute Gasteiger partial charge is 0.493 e. The number of carbonyl (C=O) groups excluding carboxylic acids is 1. The monoisotopic (exact) mass is 411 g/mol. The van der Waals surface area contributed by atoms with Gasteiger partial charge in [0.2, 0.25) is 0 Å². The Morgan fingerprint density at radius 3 is 2.79 bits per heavy atom. The van der Waals surface area contributed by atoms with Crippen molar-refractivity contribution in [3.05, 3.63) is 57.0 Å². The van der Waals surface area contributed by atoms with Crippen molar-refractivity contribution in [1.82, 2.24) is 5.43 Å². The standard InChI is InChI=1S/C16H15BrClN3O3/c1-23-14-6-11(8-20-21-16(19)22)12(17)7-15(14)24-9-10-4-2-3-5-13(10)18/h2-8H,9H2,1H3,(H3,19,21,22). The molecule has 0 heterocycles. The molecule has 0 aliphatic carbocycles. The minimum absolute atomic E-state index is 0.305. The fourth-order valence-electron chi connectivity index (χ4n) is 1.86. The van der Waals surface area contributed by atoms with Gasteiger partial charge >= 0.3 is 6.03 Å². The van der Waals surface area contributed by atoms with Crippen LogP contribution in [0.1, 0.15) is 11.1 Å². The summed E-state index contributed by atoms with van der Waals surface area (Å²) in [6.07, 6.45) is 1.44. The molecule has 3 N–H and O–H groups in total. The van der Waals surface area contributed by atoms with Gasteiger partial charge in [0, 0.05) is 20.6 Å². The van der Waals surface area contributed by atoms with Crippen molar-refractivity contribution in [2.24, 2.45) is 10.8 Å². The number of nitrogens with one attached hydrogen (secondary N) is 1. The van der Waals surface area contributed by atoms with Crippen LogP contribution in [0.2, 0.25) is 5.02 Å². The molecule has 2 aromatic carbocycles.